The van der Waals surface area contributed by atoms with E-state index in [0.717, 1.165) is 16.0 Å². The second-order valence-corrected chi connectivity index (χ2v) is 7.72. The lowest BCUT2D eigenvalue weighted by Gasteiger charge is -2.16. The normalized spacial score (nSPS) is 11.6. The number of ether oxygens (including phenoxy) is 2. The van der Waals surface area contributed by atoms with Crippen molar-refractivity contribution in [2.45, 2.75) is 27.0 Å². The molecule has 0 aliphatic rings. The Kier molecular flexibility index (Phi) is 9.15. The highest BCUT2D eigenvalue weighted by molar-refractivity contribution is 5.94. The zero-order valence-electron chi connectivity index (χ0n) is 18.2. The number of rotatable bonds is 10. The zero-order chi connectivity index (χ0) is 21.9. The monoisotopic (exact) mass is 414 g/mol. The molecule has 0 spiro atoms. The van der Waals surface area contributed by atoms with Gasteiger partial charge in [-0.1, -0.05) is 44.2 Å². The zero-order valence-corrected chi connectivity index (χ0v) is 18.2. The van der Waals surface area contributed by atoms with E-state index in [1.54, 1.807) is 7.11 Å². The molecule has 0 fully saturated rings. The number of likely N-dealkylation sites (N-methyl/N-ethyl adjacent to an activating group) is 1. The number of imide groups is 1. The van der Waals surface area contributed by atoms with Crippen LogP contribution < -0.4 is 25.0 Å². The Bertz CT molecular complexity index is 824. The number of methoxy groups -OCH3 is 1. The maximum Gasteiger partial charge on any atom is 0.321 e. The van der Waals surface area contributed by atoms with Crippen LogP contribution in [0.3, 0.4) is 0 Å². The van der Waals surface area contributed by atoms with Crippen LogP contribution in [-0.2, 0) is 17.9 Å². The summed E-state index contributed by atoms with van der Waals surface area (Å²) in [6, 6.07) is 15.2. The molecule has 1 atom stereocenters. The fraction of sp³-hybridized carbons (Fsp3) is 0.391. The van der Waals surface area contributed by atoms with Crippen molar-refractivity contribution in [2.24, 2.45) is 5.92 Å². The molecule has 0 aliphatic carbocycles. The fourth-order valence-corrected chi connectivity index (χ4v) is 2.87. The third kappa shape index (κ3) is 8.13. The van der Waals surface area contributed by atoms with E-state index in [1.807, 2.05) is 69.4 Å². The minimum Gasteiger partial charge on any atom is -0.493 e. The van der Waals surface area contributed by atoms with E-state index in [1.165, 1.54) is 0 Å². The van der Waals surface area contributed by atoms with Crippen LogP contribution in [-0.4, -0.2) is 39.2 Å². The van der Waals surface area contributed by atoms with Crippen molar-refractivity contribution in [3.63, 3.8) is 0 Å². The predicted molar refractivity (Wildman–Crippen MR) is 116 cm³/mol. The SMILES string of the molecule is COc1cc(C[NH+](C)CC(=O)NC(=O)NCC(C)C)ccc1OCc1ccccc1. The number of hydrogen-bond acceptors (Lipinski definition) is 4. The average Bonchev–Trinajstić information content (AvgIpc) is 2.71. The van der Waals surface area contributed by atoms with E-state index in [9.17, 15) is 9.59 Å². The Morgan fingerprint density at radius 3 is 2.43 bits per heavy atom. The van der Waals surface area contributed by atoms with Crippen LogP contribution in [0, 0.1) is 5.92 Å². The van der Waals surface area contributed by atoms with E-state index in [0.29, 0.717) is 37.1 Å². The molecular weight excluding hydrogens is 382 g/mol. The molecule has 0 aliphatic heterocycles. The standard InChI is InChI=1S/C23H31N3O4/c1-17(2)13-24-23(28)25-22(27)15-26(3)14-19-10-11-20(21(12-19)29-4)30-16-18-8-6-5-7-9-18/h5-12,17H,13-16H2,1-4H3,(H2,24,25,27,28)/p+1. The number of quaternary nitrogens is 1. The van der Waals surface area contributed by atoms with Crippen molar-refractivity contribution >= 4 is 11.9 Å². The van der Waals surface area contributed by atoms with Gasteiger partial charge in [-0.2, -0.15) is 0 Å². The molecule has 0 heterocycles. The summed E-state index contributed by atoms with van der Waals surface area (Å²) in [4.78, 5) is 24.7. The number of carbonyl (C=O) groups is 2. The lowest BCUT2D eigenvalue weighted by molar-refractivity contribution is -0.885. The maximum atomic E-state index is 12.1. The van der Waals surface area contributed by atoms with Crippen LogP contribution in [0.2, 0.25) is 0 Å². The largest absolute Gasteiger partial charge is 0.493 e. The summed E-state index contributed by atoms with van der Waals surface area (Å²) in [5, 5.41) is 5.03. The van der Waals surface area contributed by atoms with Gasteiger partial charge in [-0.25, -0.2) is 4.79 Å². The molecule has 2 rings (SSSR count). The van der Waals surface area contributed by atoms with Crippen molar-refractivity contribution in [2.75, 3.05) is 27.2 Å². The van der Waals surface area contributed by atoms with Gasteiger partial charge >= 0.3 is 6.03 Å². The lowest BCUT2D eigenvalue weighted by Crippen LogP contribution is -3.09. The molecule has 0 bridgehead atoms. The van der Waals surface area contributed by atoms with E-state index in [-0.39, 0.29) is 12.5 Å². The Morgan fingerprint density at radius 1 is 1.03 bits per heavy atom. The molecule has 0 saturated heterocycles. The third-order valence-electron chi connectivity index (χ3n) is 4.36. The van der Waals surface area contributed by atoms with Gasteiger partial charge in [-0.15, -0.1) is 0 Å². The lowest BCUT2D eigenvalue weighted by atomic mass is 10.2. The van der Waals surface area contributed by atoms with Gasteiger partial charge in [0.25, 0.3) is 5.91 Å². The summed E-state index contributed by atoms with van der Waals surface area (Å²) in [5.41, 5.74) is 2.09. The van der Waals surface area contributed by atoms with Crippen molar-refractivity contribution in [3.05, 3.63) is 59.7 Å². The van der Waals surface area contributed by atoms with Gasteiger partial charge in [-0.3, -0.25) is 10.1 Å². The molecule has 0 aromatic heterocycles. The van der Waals surface area contributed by atoms with Gasteiger partial charge in [0, 0.05) is 12.1 Å². The molecular formula is C23H32N3O4+. The number of amides is 3. The average molecular weight is 415 g/mol. The Balaban J connectivity index is 1.86. The first-order chi connectivity index (χ1) is 14.4. The van der Waals surface area contributed by atoms with Crippen LogP contribution in [0.5, 0.6) is 11.5 Å². The van der Waals surface area contributed by atoms with Crippen LogP contribution in [0.4, 0.5) is 4.79 Å². The highest BCUT2D eigenvalue weighted by Gasteiger charge is 2.15. The van der Waals surface area contributed by atoms with E-state index < -0.39 is 6.03 Å². The first kappa shape index (κ1) is 23.2. The number of carbonyl (C=O) groups excluding carboxylic acids is 2. The summed E-state index contributed by atoms with van der Waals surface area (Å²) < 4.78 is 11.4. The smallest absolute Gasteiger partial charge is 0.321 e. The third-order valence-corrected chi connectivity index (χ3v) is 4.36. The van der Waals surface area contributed by atoms with Crippen molar-refractivity contribution in [1.29, 1.82) is 0 Å². The van der Waals surface area contributed by atoms with Crippen LogP contribution in [0.1, 0.15) is 25.0 Å². The number of urea groups is 1. The number of hydrogen-bond donors (Lipinski definition) is 3. The maximum absolute atomic E-state index is 12.1. The summed E-state index contributed by atoms with van der Waals surface area (Å²) in [6.45, 7) is 5.76. The molecule has 3 amide bonds. The molecule has 2 aromatic carbocycles. The highest BCUT2D eigenvalue weighted by atomic mass is 16.5. The Morgan fingerprint density at radius 2 is 1.77 bits per heavy atom. The van der Waals surface area contributed by atoms with Crippen LogP contribution in [0.15, 0.2) is 48.5 Å². The summed E-state index contributed by atoms with van der Waals surface area (Å²) >= 11 is 0. The molecule has 0 radical (unpaired) electrons. The van der Waals surface area contributed by atoms with Crippen molar-refractivity contribution in [3.8, 4) is 11.5 Å². The van der Waals surface area contributed by atoms with E-state index >= 15 is 0 Å². The Labute approximate surface area is 178 Å². The first-order valence-corrected chi connectivity index (χ1v) is 10.1. The molecule has 7 nitrogen and oxygen atoms in total. The van der Waals surface area contributed by atoms with E-state index in [4.69, 9.17) is 9.47 Å². The highest BCUT2D eigenvalue weighted by Crippen LogP contribution is 2.28. The molecule has 7 heteroatoms. The second-order valence-electron chi connectivity index (χ2n) is 7.72. The summed E-state index contributed by atoms with van der Waals surface area (Å²) in [7, 11) is 3.51. The Hall–Kier alpha value is -3.06. The van der Waals surface area contributed by atoms with Gasteiger partial charge in [0.2, 0.25) is 0 Å². The summed E-state index contributed by atoms with van der Waals surface area (Å²) in [6.07, 6.45) is 0. The number of benzene rings is 2. The molecule has 0 saturated carbocycles. The van der Waals surface area contributed by atoms with Gasteiger partial charge in [0.1, 0.15) is 13.2 Å². The molecule has 2 aromatic rings. The van der Waals surface area contributed by atoms with Crippen molar-refractivity contribution in [1.82, 2.24) is 10.6 Å². The van der Waals surface area contributed by atoms with Gasteiger partial charge in [0.15, 0.2) is 18.0 Å². The van der Waals surface area contributed by atoms with Crippen LogP contribution in [0.25, 0.3) is 0 Å². The fourth-order valence-electron chi connectivity index (χ4n) is 2.87. The first-order valence-electron chi connectivity index (χ1n) is 10.1. The predicted octanol–water partition coefficient (Wildman–Crippen LogP) is 1.77. The second kappa shape index (κ2) is 11.8. The van der Waals surface area contributed by atoms with Gasteiger partial charge in [0.05, 0.1) is 14.2 Å². The molecule has 1 unspecified atom stereocenters. The minimum atomic E-state index is -0.455. The topological polar surface area (TPSA) is 81.1 Å². The molecule has 162 valence electrons. The van der Waals surface area contributed by atoms with E-state index in [2.05, 4.69) is 10.6 Å². The van der Waals surface area contributed by atoms with Gasteiger partial charge in [-0.05, 0) is 29.7 Å². The molecule has 30 heavy (non-hydrogen) atoms. The molecule has 3 N–H and O–H groups in total. The van der Waals surface area contributed by atoms with Crippen molar-refractivity contribution < 1.29 is 24.0 Å². The minimum absolute atomic E-state index is 0.184. The summed E-state index contributed by atoms with van der Waals surface area (Å²) in [5.74, 6) is 1.33. The van der Waals surface area contributed by atoms with Gasteiger partial charge < -0.3 is 19.7 Å². The van der Waals surface area contributed by atoms with Crippen LogP contribution >= 0.6 is 0 Å². The quantitative estimate of drug-likeness (QED) is 0.554. The number of nitrogens with one attached hydrogen (secondary N) is 3.